The fourth-order valence-corrected chi connectivity index (χ4v) is 2.45. The first kappa shape index (κ1) is 13.0. The summed E-state index contributed by atoms with van der Waals surface area (Å²) in [5.41, 5.74) is 0.779. The number of aromatic nitrogens is 1. The van der Waals surface area contributed by atoms with E-state index in [4.69, 9.17) is 4.74 Å². The van der Waals surface area contributed by atoms with E-state index in [2.05, 4.69) is 17.2 Å². The van der Waals surface area contributed by atoms with Crippen LogP contribution >= 0.6 is 11.3 Å². The van der Waals surface area contributed by atoms with E-state index in [9.17, 15) is 4.39 Å². The Balaban J connectivity index is 2.20. The summed E-state index contributed by atoms with van der Waals surface area (Å²) in [6, 6.07) is 4.89. The summed E-state index contributed by atoms with van der Waals surface area (Å²) >= 11 is 1.57. The lowest BCUT2D eigenvalue weighted by atomic mass is 10.2. The van der Waals surface area contributed by atoms with Gasteiger partial charge in [-0.15, -0.1) is 11.3 Å². The molecule has 0 aliphatic heterocycles. The molecule has 0 radical (unpaired) electrons. The Labute approximate surface area is 110 Å². The largest absolute Gasteiger partial charge is 0.494 e. The number of hydrogen-bond donors (Lipinski definition) is 1. The van der Waals surface area contributed by atoms with Gasteiger partial charge in [-0.1, -0.05) is 6.92 Å². The predicted molar refractivity (Wildman–Crippen MR) is 71.4 cm³/mol. The zero-order valence-corrected chi connectivity index (χ0v) is 11.2. The monoisotopic (exact) mass is 266 g/mol. The molecule has 0 saturated carbocycles. The van der Waals surface area contributed by atoms with E-state index in [0.29, 0.717) is 0 Å². The van der Waals surface area contributed by atoms with Crippen molar-refractivity contribution in [1.29, 1.82) is 0 Å². The standard InChI is InChI=1S/C13H15FN2OS/c1-3-15-7-10-8-16-13(18-10)9-4-5-12(17-2)11(14)6-9/h4-6,8,15H,3,7H2,1-2H3. The average molecular weight is 266 g/mol. The minimum absolute atomic E-state index is 0.253. The highest BCUT2D eigenvalue weighted by Gasteiger charge is 2.08. The van der Waals surface area contributed by atoms with Crippen molar-refractivity contribution in [2.75, 3.05) is 13.7 Å². The molecular weight excluding hydrogens is 251 g/mol. The molecular formula is C13H15FN2OS. The van der Waals surface area contributed by atoms with Gasteiger partial charge in [0.05, 0.1) is 7.11 Å². The van der Waals surface area contributed by atoms with Crippen LogP contribution in [0.1, 0.15) is 11.8 Å². The number of methoxy groups -OCH3 is 1. The van der Waals surface area contributed by atoms with Crippen molar-refractivity contribution in [2.24, 2.45) is 0 Å². The second kappa shape index (κ2) is 5.93. The average Bonchev–Trinajstić information content (AvgIpc) is 2.85. The summed E-state index contributed by atoms with van der Waals surface area (Å²) in [6.07, 6.45) is 1.82. The molecule has 2 rings (SSSR count). The van der Waals surface area contributed by atoms with Crippen LogP contribution < -0.4 is 10.1 Å². The zero-order valence-electron chi connectivity index (χ0n) is 10.4. The summed E-state index contributed by atoms with van der Waals surface area (Å²) < 4.78 is 18.5. The molecule has 5 heteroatoms. The Kier molecular flexibility index (Phi) is 4.28. The molecule has 1 aromatic carbocycles. The maximum atomic E-state index is 13.6. The molecule has 3 nitrogen and oxygen atoms in total. The van der Waals surface area contributed by atoms with Crippen LogP contribution in [0.4, 0.5) is 4.39 Å². The normalized spacial score (nSPS) is 10.6. The van der Waals surface area contributed by atoms with Crippen molar-refractivity contribution in [3.8, 4) is 16.3 Å². The second-order valence-electron chi connectivity index (χ2n) is 3.76. The Hall–Kier alpha value is -1.46. The number of benzene rings is 1. The highest BCUT2D eigenvalue weighted by molar-refractivity contribution is 7.15. The third-order valence-electron chi connectivity index (χ3n) is 2.50. The Morgan fingerprint density at radius 3 is 2.94 bits per heavy atom. The summed E-state index contributed by atoms with van der Waals surface area (Å²) in [7, 11) is 1.45. The van der Waals surface area contributed by atoms with Crippen LogP contribution in [0, 0.1) is 5.82 Å². The molecule has 1 heterocycles. The summed E-state index contributed by atoms with van der Waals surface area (Å²) in [6.45, 7) is 3.78. The van der Waals surface area contributed by atoms with Gasteiger partial charge < -0.3 is 10.1 Å². The molecule has 96 valence electrons. The number of halogens is 1. The van der Waals surface area contributed by atoms with Gasteiger partial charge in [-0.2, -0.15) is 0 Å². The molecule has 1 aromatic heterocycles. The zero-order chi connectivity index (χ0) is 13.0. The van der Waals surface area contributed by atoms with Gasteiger partial charge in [0.15, 0.2) is 11.6 Å². The van der Waals surface area contributed by atoms with E-state index in [-0.39, 0.29) is 11.6 Å². The van der Waals surface area contributed by atoms with Gasteiger partial charge in [-0.25, -0.2) is 9.37 Å². The van der Waals surface area contributed by atoms with Crippen LogP contribution in [0.2, 0.25) is 0 Å². The molecule has 0 spiro atoms. The van der Waals surface area contributed by atoms with E-state index in [1.807, 2.05) is 12.3 Å². The van der Waals surface area contributed by atoms with Crippen LogP contribution in [-0.4, -0.2) is 18.6 Å². The molecule has 0 bridgehead atoms. The van der Waals surface area contributed by atoms with Crippen molar-refractivity contribution in [2.45, 2.75) is 13.5 Å². The van der Waals surface area contributed by atoms with E-state index in [0.717, 1.165) is 28.5 Å². The highest BCUT2D eigenvalue weighted by atomic mass is 32.1. The minimum Gasteiger partial charge on any atom is -0.494 e. The molecule has 0 amide bonds. The van der Waals surface area contributed by atoms with Gasteiger partial charge in [0.25, 0.3) is 0 Å². The highest BCUT2D eigenvalue weighted by Crippen LogP contribution is 2.28. The van der Waals surface area contributed by atoms with Gasteiger partial charge in [-0.3, -0.25) is 0 Å². The molecule has 0 saturated heterocycles. The Morgan fingerprint density at radius 2 is 2.28 bits per heavy atom. The number of nitrogens with zero attached hydrogens (tertiary/aromatic N) is 1. The van der Waals surface area contributed by atoms with Crippen molar-refractivity contribution in [3.05, 3.63) is 35.1 Å². The quantitative estimate of drug-likeness (QED) is 0.903. The van der Waals surface area contributed by atoms with Crippen LogP contribution in [0.5, 0.6) is 5.75 Å². The van der Waals surface area contributed by atoms with E-state index in [1.165, 1.54) is 13.2 Å². The second-order valence-corrected chi connectivity index (χ2v) is 4.88. The van der Waals surface area contributed by atoms with Crippen molar-refractivity contribution >= 4 is 11.3 Å². The molecule has 18 heavy (non-hydrogen) atoms. The van der Waals surface area contributed by atoms with E-state index >= 15 is 0 Å². The Bertz CT molecular complexity index is 527. The molecule has 0 aliphatic rings. The number of ether oxygens (including phenoxy) is 1. The van der Waals surface area contributed by atoms with Gasteiger partial charge >= 0.3 is 0 Å². The van der Waals surface area contributed by atoms with Gasteiger partial charge in [0.2, 0.25) is 0 Å². The number of thiazole rings is 1. The molecule has 2 aromatic rings. The third-order valence-corrected chi connectivity index (χ3v) is 3.55. The van der Waals surface area contributed by atoms with Crippen molar-refractivity contribution < 1.29 is 9.13 Å². The first-order chi connectivity index (χ1) is 8.74. The lowest BCUT2D eigenvalue weighted by molar-refractivity contribution is 0.386. The number of nitrogens with one attached hydrogen (secondary N) is 1. The van der Waals surface area contributed by atoms with Crippen LogP contribution in [0.25, 0.3) is 10.6 Å². The number of hydrogen-bond acceptors (Lipinski definition) is 4. The van der Waals surface area contributed by atoms with Crippen molar-refractivity contribution in [1.82, 2.24) is 10.3 Å². The minimum atomic E-state index is -0.363. The summed E-state index contributed by atoms with van der Waals surface area (Å²) in [4.78, 5) is 5.45. The van der Waals surface area contributed by atoms with E-state index < -0.39 is 0 Å². The van der Waals surface area contributed by atoms with Crippen LogP contribution in [-0.2, 0) is 6.54 Å². The number of rotatable bonds is 5. The van der Waals surface area contributed by atoms with Crippen LogP contribution in [0.3, 0.4) is 0 Å². The molecule has 0 aliphatic carbocycles. The molecule has 0 unspecified atom stereocenters. The lowest BCUT2D eigenvalue weighted by Gasteiger charge is -2.02. The molecule has 1 N–H and O–H groups in total. The third kappa shape index (κ3) is 2.86. The first-order valence-electron chi connectivity index (χ1n) is 5.74. The maximum absolute atomic E-state index is 13.6. The predicted octanol–water partition coefficient (Wildman–Crippen LogP) is 3.07. The summed E-state index contributed by atoms with van der Waals surface area (Å²) in [5, 5.41) is 4.06. The maximum Gasteiger partial charge on any atom is 0.165 e. The topological polar surface area (TPSA) is 34.2 Å². The fourth-order valence-electron chi connectivity index (χ4n) is 1.57. The Morgan fingerprint density at radius 1 is 1.44 bits per heavy atom. The van der Waals surface area contributed by atoms with Crippen LogP contribution in [0.15, 0.2) is 24.4 Å². The SMILES string of the molecule is CCNCc1cnc(-c2ccc(OC)c(F)c2)s1. The van der Waals surface area contributed by atoms with Gasteiger partial charge in [0, 0.05) is 23.2 Å². The fraction of sp³-hybridized carbons (Fsp3) is 0.308. The molecule has 0 fully saturated rings. The van der Waals surface area contributed by atoms with E-state index in [1.54, 1.807) is 17.4 Å². The van der Waals surface area contributed by atoms with Gasteiger partial charge in [-0.05, 0) is 24.7 Å². The lowest BCUT2D eigenvalue weighted by Crippen LogP contribution is -2.10. The smallest absolute Gasteiger partial charge is 0.165 e. The van der Waals surface area contributed by atoms with Gasteiger partial charge in [0.1, 0.15) is 5.01 Å². The molecule has 0 atom stereocenters. The van der Waals surface area contributed by atoms with Crippen molar-refractivity contribution in [3.63, 3.8) is 0 Å². The summed E-state index contributed by atoms with van der Waals surface area (Å²) in [5.74, 6) is -0.110. The first-order valence-corrected chi connectivity index (χ1v) is 6.55.